The fourth-order valence-corrected chi connectivity index (χ4v) is 3.16. The zero-order valence-electron chi connectivity index (χ0n) is 12.6. The topological polar surface area (TPSA) is 53.7 Å². The Bertz CT molecular complexity index is 683. The Morgan fingerprint density at radius 1 is 1.57 bits per heavy atom. The second kappa shape index (κ2) is 5.82. The molecule has 0 radical (unpaired) electrons. The average Bonchev–Trinajstić information content (AvgIpc) is 3.07. The Kier molecular flexibility index (Phi) is 3.88. The molecule has 4 heteroatoms. The van der Waals surface area contributed by atoms with Crippen molar-refractivity contribution in [2.75, 3.05) is 6.54 Å². The van der Waals surface area contributed by atoms with Crippen molar-refractivity contribution in [1.82, 2.24) is 14.9 Å². The van der Waals surface area contributed by atoms with Crippen LogP contribution in [-0.4, -0.2) is 28.4 Å². The first-order chi connectivity index (χ1) is 10.2. The smallest absolute Gasteiger partial charge is 0.0721 e. The van der Waals surface area contributed by atoms with Crippen LogP contribution in [0.1, 0.15) is 26.0 Å². The van der Waals surface area contributed by atoms with Crippen molar-refractivity contribution in [2.24, 2.45) is 5.92 Å². The van der Waals surface area contributed by atoms with E-state index < -0.39 is 0 Å². The summed E-state index contributed by atoms with van der Waals surface area (Å²) in [6.07, 6.45) is 8.60. The SMILES string of the molecule is C/C=C(\C=N)c1cc2ccn(CC3CNC(C)C3)c2cn1. The van der Waals surface area contributed by atoms with E-state index in [-0.39, 0.29) is 0 Å². The summed E-state index contributed by atoms with van der Waals surface area (Å²) >= 11 is 0. The highest BCUT2D eigenvalue weighted by Crippen LogP contribution is 2.22. The molecule has 0 bridgehead atoms. The van der Waals surface area contributed by atoms with E-state index in [1.54, 1.807) is 0 Å². The predicted molar refractivity (Wildman–Crippen MR) is 87.7 cm³/mol. The molecule has 1 aliphatic rings. The molecular formula is C17H22N4. The number of nitrogens with zero attached hydrogens (tertiary/aromatic N) is 2. The molecule has 1 saturated heterocycles. The molecule has 1 fully saturated rings. The van der Waals surface area contributed by atoms with Gasteiger partial charge < -0.3 is 15.3 Å². The molecule has 110 valence electrons. The van der Waals surface area contributed by atoms with E-state index in [9.17, 15) is 0 Å². The summed E-state index contributed by atoms with van der Waals surface area (Å²) < 4.78 is 2.30. The first-order valence-electron chi connectivity index (χ1n) is 7.56. The molecule has 0 amide bonds. The van der Waals surface area contributed by atoms with Gasteiger partial charge in [0.1, 0.15) is 0 Å². The molecule has 0 aliphatic carbocycles. The van der Waals surface area contributed by atoms with Gasteiger partial charge in [-0.05, 0) is 44.9 Å². The summed E-state index contributed by atoms with van der Waals surface area (Å²) in [5.41, 5.74) is 2.91. The lowest BCUT2D eigenvalue weighted by atomic mass is 10.1. The molecule has 2 unspecified atom stereocenters. The quantitative estimate of drug-likeness (QED) is 0.847. The normalized spacial score (nSPS) is 22.9. The minimum Gasteiger partial charge on any atom is -0.346 e. The molecule has 0 saturated carbocycles. The van der Waals surface area contributed by atoms with Gasteiger partial charge in [0, 0.05) is 36.0 Å². The molecule has 2 atom stereocenters. The Morgan fingerprint density at radius 3 is 3.10 bits per heavy atom. The van der Waals surface area contributed by atoms with Crippen LogP contribution in [0.4, 0.5) is 0 Å². The minimum atomic E-state index is 0.631. The van der Waals surface area contributed by atoms with Crippen molar-refractivity contribution >= 4 is 22.7 Å². The van der Waals surface area contributed by atoms with Gasteiger partial charge in [-0.2, -0.15) is 0 Å². The number of fused-ring (bicyclic) bond motifs is 1. The third-order valence-corrected chi connectivity index (χ3v) is 4.32. The van der Waals surface area contributed by atoms with Gasteiger partial charge in [-0.25, -0.2) is 0 Å². The van der Waals surface area contributed by atoms with Gasteiger partial charge >= 0.3 is 0 Å². The average molecular weight is 282 g/mol. The predicted octanol–water partition coefficient (Wildman–Crippen LogP) is 3.09. The number of rotatable bonds is 4. The Labute approximate surface area is 125 Å². The van der Waals surface area contributed by atoms with Crippen LogP contribution in [0.5, 0.6) is 0 Å². The molecule has 1 aliphatic heterocycles. The molecular weight excluding hydrogens is 260 g/mol. The summed E-state index contributed by atoms with van der Waals surface area (Å²) in [4.78, 5) is 4.52. The van der Waals surface area contributed by atoms with Crippen LogP contribution in [0, 0.1) is 11.3 Å². The van der Waals surface area contributed by atoms with E-state index in [1.165, 1.54) is 23.5 Å². The first-order valence-corrected chi connectivity index (χ1v) is 7.56. The molecule has 2 aromatic heterocycles. The van der Waals surface area contributed by atoms with Crippen LogP contribution in [0.25, 0.3) is 16.5 Å². The summed E-state index contributed by atoms with van der Waals surface area (Å²) in [5.74, 6) is 0.697. The summed E-state index contributed by atoms with van der Waals surface area (Å²) in [6.45, 7) is 6.33. The zero-order valence-corrected chi connectivity index (χ0v) is 12.6. The lowest BCUT2D eigenvalue weighted by Crippen LogP contribution is -2.17. The van der Waals surface area contributed by atoms with Gasteiger partial charge in [-0.1, -0.05) is 6.08 Å². The van der Waals surface area contributed by atoms with E-state index in [1.807, 2.05) is 19.2 Å². The summed E-state index contributed by atoms with van der Waals surface area (Å²) in [7, 11) is 0. The van der Waals surface area contributed by atoms with Crippen molar-refractivity contribution in [3.8, 4) is 0 Å². The molecule has 0 aromatic carbocycles. The number of nitrogens with one attached hydrogen (secondary N) is 2. The van der Waals surface area contributed by atoms with Crippen LogP contribution < -0.4 is 5.32 Å². The van der Waals surface area contributed by atoms with Crippen LogP contribution in [0.15, 0.2) is 30.6 Å². The van der Waals surface area contributed by atoms with Crippen molar-refractivity contribution in [2.45, 2.75) is 32.9 Å². The maximum atomic E-state index is 7.43. The molecule has 4 nitrogen and oxygen atoms in total. The van der Waals surface area contributed by atoms with Crippen molar-refractivity contribution in [1.29, 1.82) is 5.41 Å². The van der Waals surface area contributed by atoms with Gasteiger partial charge in [0.25, 0.3) is 0 Å². The van der Waals surface area contributed by atoms with Crippen LogP contribution in [0.2, 0.25) is 0 Å². The van der Waals surface area contributed by atoms with Crippen LogP contribution in [0.3, 0.4) is 0 Å². The number of aromatic nitrogens is 2. The first kappa shape index (κ1) is 14.0. The van der Waals surface area contributed by atoms with Crippen LogP contribution >= 0.6 is 0 Å². The minimum absolute atomic E-state index is 0.631. The maximum Gasteiger partial charge on any atom is 0.0721 e. The third-order valence-electron chi connectivity index (χ3n) is 4.32. The second-order valence-corrected chi connectivity index (χ2v) is 5.90. The zero-order chi connectivity index (χ0) is 14.8. The van der Waals surface area contributed by atoms with Gasteiger partial charge in [-0.3, -0.25) is 4.98 Å². The molecule has 2 N–H and O–H groups in total. The van der Waals surface area contributed by atoms with Gasteiger partial charge in [0.15, 0.2) is 0 Å². The van der Waals surface area contributed by atoms with Crippen molar-refractivity contribution in [3.05, 3.63) is 36.3 Å². The Balaban J connectivity index is 1.87. The van der Waals surface area contributed by atoms with E-state index >= 15 is 0 Å². The highest BCUT2D eigenvalue weighted by atomic mass is 15.0. The summed E-state index contributed by atoms with van der Waals surface area (Å²) in [5, 5.41) is 12.1. The highest BCUT2D eigenvalue weighted by molar-refractivity contribution is 6.08. The molecule has 21 heavy (non-hydrogen) atoms. The van der Waals surface area contributed by atoms with Crippen molar-refractivity contribution < 1.29 is 0 Å². The third kappa shape index (κ3) is 2.76. The molecule has 3 heterocycles. The highest BCUT2D eigenvalue weighted by Gasteiger charge is 2.21. The number of pyridine rings is 1. The fraction of sp³-hybridized carbons (Fsp3) is 0.412. The number of hydrogen-bond donors (Lipinski definition) is 2. The van der Waals surface area contributed by atoms with Crippen LogP contribution in [-0.2, 0) is 6.54 Å². The van der Waals surface area contributed by atoms with Gasteiger partial charge in [0.2, 0.25) is 0 Å². The van der Waals surface area contributed by atoms with E-state index in [0.717, 1.165) is 24.4 Å². The van der Waals surface area contributed by atoms with E-state index in [4.69, 9.17) is 5.41 Å². The number of hydrogen-bond acceptors (Lipinski definition) is 3. The summed E-state index contributed by atoms with van der Waals surface area (Å²) in [6, 6.07) is 4.84. The van der Waals surface area contributed by atoms with Crippen molar-refractivity contribution in [3.63, 3.8) is 0 Å². The Morgan fingerprint density at radius 2 is 2.43 bits per heavy atom. The molecule has 0 spiro atoms. The van der Waals surface area contributed by atoms with Gasteiger partial charge in [0.05, 0.1) is 17.4 Å². The Hall–Kier alpha value is -1.94. The monoisotopic (exact) mass is 282 g/mol. The molecule has 2 aromatic rings. The molecule has 3 rings (SSSR count). The second-order valence-electron chi connectivity index (χ2n) is 5.90. The lowest BCUT2D eigenvalue weighted by molar-refractivity contribution is 0.483. The number of allylic oxidation sites excluding steroid dienone is 2. The maximum absolute atomic E-state index is 7.43. The lowest BCUT2D eigenvalue weighted by Gasteiger charge is -2.11. The standard InChI is InChI=1S/C17H22N4/c1-3-14(8-18)16-7-15-4-5-21(17(15)10-20-16)11-13-6-12(2)19-9-13/h3-5,7-8,10,12-13,18-19H,6,9,11H2,1-2H3/b14-3+,18-8?. The fourth-order valence-electron chi connectivity index (χ4n) is 3.16. The largest absolute Gasteiger partial charge is 0.346 e. The van der Waals surface area contributed by atoms with E-state index in [2.05, 4.69) is 40.1 Å². The van der Waals surface area contributed by atoms with Gasteiger partial charge in [-0.15, -0.1) is 0 Å². The van der Waals surface area contributed by atoms with E-state index in [0.29, 0.717) is 12.0 Å².